The van der Waals surface area contributed by atoms with Crippen LogP contribution in [0.5, 0.6) is 0 Å². The maximum absolute atomic E-state index is 12.5. The Labute approximate surface area is 154 Å². The third-order valence-electron chi connectivity index (χ3n) is 3.82. The van der Waals surface area contributed by atoms with E-state index in [2.05, 4.69) is 27.1 Å². The molecule has 5 nitrogen and oxygen atoms in total. The van der Waals surface area contributed by atoms with Crippen molar-refractivity contribution >= 4 is 27.1 Å². The molecule has 0 bridgehead atoms. The molecule has 0 fully saturated rings. The highest BCUT2D eigenvalue weighted by Gasteiger charge is 2.20. The van der Waals surface area contributed by atoms with E-state index >= 15 is 0 Å². The van der Waals surface area contributed by atoms with E-state index in [1.54, 1.807) is 42.6 Å². The van der Waals surface area contributed by atoms with Gasteiger partial charge in [-0.25, -0.2) is 8.42 Å². The molecule has 1 aromatic heterocycles. The Morgan fingerprint density at radius 3 is 2.56 bits per heavy atom. The highest BCUT2D eigenvalue weighted by Crippen LogP contribution is 2.12. The van der Waals surface area contributed by atoms with E-state index in [1.165, 1.54) is 4.88 Å². The third-order valence-corrected chi connectivity index (χ3v) is 6.59. The zero-order chi connectivity index (χ0) is 18.1. The number of hydrogen-bond acceptors (Lipinski definition) is 4. The first kappa shape index (κ1) is 19.5. The predicted octanol–water partition coefficient (Wildman–Crippen LogP) is 2.71. The molecular weight excluding hydrogens is 354 g/mol. The molecule has 136 valence electrons. The van der Waals surface area contributed by atoms with E-state index in [0.717, 1.165) is 13.0 Å². The third kappa shape index (κ3) is 6.17. The van der Waals surface area contributed by atoms with Gasteiger partial charge in [0, 0.05) is 24.5 Å². The molecule has 2 aromatic rings. The van der Waals surface area contributed by atoms with E-state index in [9.17, 15) is 8.42 Å². The highest BCUT2D eigenvalue weighted by molar-refractivity contribution is 7.91. The Morgan fingerprint density at radius 2 is 1.96 bits per heavy atom. The second-order valence-electron chi connectivity index (χ2n) is 5.67. The molecule has 2 N–H and O–H groups in total. The van der Waals surface area contributed by atoms with Crippen LogP contribution in [-0.4, -0.2) is 39.8 Å². The minimum atomic E-state index is -3.33. The molecule has 0 aliphatic carbocycles. The smallest absolute Gasteiger partial charge is 0.191 e. The van der Waals surface area contributed by atoms with E-state index in [4.69, 9.17) is 0 Å². The van der Waals surface area contributed by atoms with Gasteiger partial charge in [-0.3, -0.25) is 4.99 Å². The summed E-state index contributed by atoms with van der Waals surface area (Å²) in [5.41, 5.74) is 0. The largest absolute Gasteiger partial charge is 0.356 e. The van der Waals surface area contributed by atoms with Crippen LogP contribution in [0.15, 0.2) is 57.7 Å². The van der Waals surface area contributed by atoms with Crippen LogP contribution in [0.2, 0.25) is 0 Å². The minimum absolute atomic E-state index is 0.0408. The normalized spacial score (nSPS) is 13.4. The summed E-state index contributed by atoms with van der Waals surface area (Å²) in [6.07, 6.45) is 1.61. The van der Waals surface area contributed by atoms with Gasteiger partial charge < -0.3 is 10.6 Å². The van der Waals surface area contributed by atoms with Gasteiger partial charge >= 0.3 is 0 Å². The first-order valence-electron chi connectivity index (χ1n) is 8.32. The topological polar surface area (TPSA) is 70.6 Å². The van der Waals surface area contributed by atoms with Crippen LogP contribution in [0.1, 0.15) is 18.2 Å². The SMILES string of the molecule is CCC(CS(=O)(=O)c1ccccc1)NC(=NC)NCCc1cccs1. The molecule has 7 heteroatoms. The minimum Gasteiger partial charge on any atom is -0.356 e. The van der Waals surface area contributed by atoms with Crippen molar-refractivity contribution in [3.05, 3.63) is 52.7 Å². The molecule has 0 aliphatic rings. The number of aliphatic imine (C=N–C) groups is 1. The van der Waals surface area contributed by atoms with Gasteiger partial charge in [-0.05, 0) is 36.4 Å². The highest BCUT2D eigenvalue weighted by atomic mass is 32.2. The zero-order valence-corrected chi connectivity index (χ0v) is 16.2. The van der Waals surface area contributed by atoms with Crippen LogP contribution in [0.4, 0.5) is 0 Å². The van der Waals surface area contributed by atoms with Gasteiger partial charge in [0.15, 0.2) is 15.8 Å². The van der Waals surface area contributed by atoms with Crippen LogP contribution in [0, 0.1) is 0 Å². The van der Waals surface area contributed by atoms with Gasteiger partial charge in [0.1, 0.15) is 0 Å². The Bertz CT molecular complexity index is 757. The number of sulfone groups is 1. The van der Waals surface area contributed by atoms with Crippen molar-refractivity contribution < 1.29 is 8.42 Å². The fourth-order valence-corrected chi connectivity index (χ4v) is 4.72. The van der Waals surface area contributed by atoms with Crippen molar-refractivity contribution in [3.8, 4) is 0 Å². The molecule has 1 unspecified atom stereocenters. The van der Waals surface area contributed by atoms with Gasteiger partial charge in [-0.1, -0.05) is 31.2 Å². The Kier molecular flexibility index (Phi) is 7.46. The average molecular weight is 380 g/mol. The van der Waals surface area contributed by atoms with Crippen LogP contribution < -0.4 is 10.6 Å². The summed E-state index contributed by atoms with van der Waals surface area (Å²) in [6.45, 7) is 2.72. The number of nitrogens with zero attached hydrogens (tertiary/aromatic N) is 1. The number of thiophene rings is 1. The summed E-state index contributed by atoms with van der Waals surface area (Å²) in [7, 11) is -1.63. The molecule has 0 saturated carbocycles. The van der Waals surface area contributed by atoms with Crippen LogP contribution in [0.25, 0.3) is 0 Å². The van der Waals surface area contributed by atoms with Gasteiger partial charge in [0.2, 0.25) is 0 Å². The first-order chi connectivity index (χ1) is 12.0. The summed E-state index contributed by atoms with van der Waals surface area (Å²) in [5.74, 6) is 0.672. The van der Waals surface area contributed by atoms with Crippen molar-refractivity contribution in [2.24, 2.45) is 4.99 Å². The number of rotatable bonds is 8. The maximum Gasteiger partial charge on any atom is 0.191 e. The molecule has 25 heavy (non-hydrogen) atoms. The van der Waals surface area contributed by atoms with Crippen LogP contribution in [-0.2, 0) is 16.3 Å². The molecule has 1 heterocycles. The summed E-state index contributed by atoms with van der Waals surface area (Å²) >= 11 is 1.73. The number of hydrogen-bond donors (Lipinski definition) is 2. The predicted molar refractivity (Wildman–Crippen MR) is 105 cm³/mol. The second-order valence-corrected chi connectivity index (χ2v) is 8.74. The molecule has 0 spiro atoms. The number of benzene rings is 1. The average Bonchev–Trinajstić information content (AvgIpc) is 3.14. The van der Waals surface area contributed by atoms with Crippen molar-refractivity contribution in [2.75, 3.05) is 19.3 Å². The molecule has 1 atom stereocenters. The Hall–Kier alpha value is -1.86. The summed E-state index contributed by atoms with van der Waals surface area (Å²) < 4.78 is 25.1. The molecule has 2 rings (SSSR count). The molecule has 0 aliphatic heterocycles. The van der Waals surface area contributed by atoms with Gasteiger partial charge in [0.25, 0.3) is 0 Å². The fraction of sp³-hybridized carbons (Fsp3) is 0.389. The van der Waals surface area contributed by atoms with Crippen molar-refractivity contribution in [2.45, 2.75) is 30.7 Å². The lowest BCUT2D eigenvalue weighted by molar-refractivity contribution is 0.569. The standard InChI is InChI=1S/C18H25N3O2S2/c1-3-15(14-25(22,23)17-9-5-4-6-10-17)21-18(19-2)20-12-11-16-8-7-13-24-16/h4-10,13,15H,3,11-12,14H2,1-2H3,(H2,19,20,21). The monoisotopic (exact) mass is 379 g/mol. The lowest BCUT2D eigenvalue weighted by Gasteiger charge is -2.20. The van der Waals surface area contributed by atoms with E-state index in [-0.39, 0.29) is 11.8 Å². The summed E-state index contributed by atoms with van der Waals surface area (Å²) in [5, 5.41) is 8.53. The van der Waals surface area contributed by atoms with E-state index in [1.807, 2.05) is 19.1 Å². The zero-order valence-electron chi connectivity index (χ0n) is 14.6. The van der Waals surface area contributed by atoms with Crippen LogP contribution >= 0.6 is 11.3 Å². The van der Waals surface area contributed by atoms with Crippen molar-refractivity contribution in [1.29, 1.82) is 0 Å². The Morgan fingerprint density at radius 1 is 1.20 bits per heavy atom. The second kappa shape index (κ2) is 9.58. The molecule has 0 amide bonds. The Balaban J connectivity index is 1.90. The van der Waals surface area contributed by atoms with Gasteiger partial charge in [-0.2, -0.15) is 0 Å². The molecular formula is C18H25N3O2S2. The first-order valence-corrected chi connectivity index (χ1v) is 10.9. The van der Waals surface area contributed by atoms with E-state index < -0.39 is 9.84 Å². The molecule has 0 saturated heterocycles. The summed E-state index contributed by atoms with van der Waals surface area (Å²) in [4.78, 5) is 5.86. The van der Waals surface area contributed by atoms with Gasteiger partial charge in [-0.15, -0.1) is 11.3 Å². The molecule has 0 radical (unpaired) electrons. The summed E-state index contributed by atoms with van der Waals surface area (Å²) in [6, 6.07) is 12.5. The number of guanidine groups is 1. The number of nitrogens with one attached hydrogen (secondary N) is 2. The maximum atomic E-state index is 12.5. The lowest BCUT2D eigenvalue weighted by atomic mass is 10.2. The fourth-order valence-electron chi connectivity index (χ4n) is 2.40. The van der Waals surface area contributed by atoms with Crippen molar-refractivity contribution in [3.63, 3.8) is 0 Å². The quantitative estimate of drug-likeness (QED) is 0.546. The molecule has 1 aromatic carbocycles. The van der Waals surface area contributed by atoms with E-state index in [0.29, 0.717) is 17.3 Å². The van der Waals surface area contributed by atoms with Crippen molar-refractivity contribution in [1.82, 2.24) is 10.6 Å². The van der Waals surface area contributed by atoms with Crippen LogP contribution in [0.3, 0.4) is 0 Å². The van der Waals surface area contributed by atoms with Gasteiger partial charge in [0.05, 0.1) is 10.6 Å². The lowest BCUT2D eigenvalue weighted by Crippen LogP contribution is -2.46.